The quantitative estimate of drug-likeness (QED) is 0.513. The molecule has 0 radical (unpaired) electrons. The highest BCUT2D eigenvalue weighted by atomic mass is 16.5. The Morgan fingerprint density at radius 2 is 1.34 bits per heavy atom. The van der Waals surface area contributed by atoms with Crippen LogP contribution in [0.3, 0.4) is 0 Å². The van der Waals surface area contributed by atoms with Crippen molar-refractivity contribution in [3.63, 3.8) is 0 Å². The highest BCUT2D eigenvalue weighted by molar-refractivity contribution is 6.00. The SMILES string of the molecule is COC(=O)CCN(Cc1ccccc1)C(=O)c1ccc(NC(=O)Nc2ccccc2)cc1. The second-order valence-electron chi connectivity index (χ2n) is 7.06. The molecule has 3 aromatic rings. The molecule has 3 rings (SSSR count). The number of ether oxygens (including phenoxy) is 1. The summed E-state index contributed by atoms with van der Waals surface area (Å²) in [5.74, 6) is -0.585. The van der Waals surface area contributed by atoms with Crippen LogP contribution in [0.15, 0.2) is 84.9 Å². The maximum Gasteiger partial charge on any atom is 0.323 e. The lowest BCUT2D eigenvalue weighted by Gasteiger charge is -2.22. The van der Waals surface area contributed by atoms with E-state index in [9.17, 15) is 14.4 Å². The molecule has 0 aliphatic rings. The summed E-state index contributed by atoms with van der Waals surface area (Å²) in [4.78, 5) is 38.5. The fourth-order valence-electron chi connectivity index (χ4n) is 3.08. The van der Waals surface area contributed by atoms with Gasteiger partial charge in [0.15, 0.2) is 0 Å². The van der Waals surface area contributed by atoms with Gasteiger partial charge in [-0.3, -0.25) is 9.59 Å². The Bertz CT molecular complexity index is 1040. The van der Waals surface area contributed by atoms with Gasteiger partial charge in [0.1, 0.15) is 0 Å². The third-order valence-electron chi connectivity index (χ3n) is 4.74. The fraction of sp³-hybridized carbons (Fsp3) is 0.160. The Kier molecular flexibility index (Phi) is 7.97. The number of rotatable bonds is 8. The van der Waals surface area contributed by atoms with Crippen LogP contribution in [-0.4, -0.2) is 36.5 Å². The van der Waals surface area contributed by atoms with Crippen molar-refractivity contribution in [3.05, 3.63) is 96.1 Å². The van der Waals surface area contributed by atoms with Gasteiger partial charge in [-0.25, -0.2) is 4.79 Å². The molecule has 0 saturated carbocycles. The van der Waals surface area contributed by atoms with Crippen LogP contribution in [0.2, 0.25) is 0 Å². The van der Waals surface area contributed by atoms with E-state index in [0.717, 1.165) is 5.56 Å². The average Bonchev–Trinajstić information content (AvgIpc) is 2.82. The van der Waals surface area contributed by atoms with Gasteiger partial charge in [-0.05, 0) is 42.0 Å². The van der Waals surface area contributed by atoms with E-state index in [1.165, 1.54) is 7.11 Å². The first-order valence-corrected chi connectivity index (χ1v) is 10.2. The van der Waals surface area contributed by atoms with Crippen molar-refractivity contribution in [2.24, 2.45) is 0 Å². The number of carbonyl (C=O) groups excluding carboxylic acids is 3. The normalized spacial score (nSPS) is 10.2. The number of benzene rings is 3. The molecular formula is C25H25N3O4. The van der Waals surface area contributed by atoms with Crippen LogP contribution < -0.4 is 10.6 Å². The van der Waals surface area contributed by atoms with Gasteiger partial charge < -0.3 is 20.3 Å². The van der Waals surface area contributed by atoms with Gasteiger partial charge in [0.2, 0.25) is 0 Å². The summed E-state index contributed by atoms with van der Waals surface area (Å²) in [6, 6.07) is 24.9. The molecule has 7 heteroatoms. The van der Waals surface area contributed by atoms with Crippen molar-refractivity contribution in [1.29, 1.82) is 0 Å². The van der Waals surface area contributed by atoms with Gasteiger partial charge in [0.05, 0.1) is 13.5 Å². The van der Waals surface area contributed by atoms with Crippen molar-refractivity contribution in [3.8, 4) is 0 Å². The maximum absolute atomic E-state index is 13.1. The number of methoxy groups -OCH3 is 1. The molecule has 2 N–H and O–H groups in total. The van der Waals surface area contributed by atoms with Gasteiger partial charge in [-0.15, -0.1) is 0 Å². The zero-order valence-electron chi connectivity index (χ0n) is 17.8. The molecule has 3 aromatic carbocycles. The number of para-hydroxylation sites is 1. The van der Waals surface area contributed by atoms with Crippen molar-refractivity contribution < 1.29 is 19.1 Å². The Hall–Kier alpha value is -4.13. The summed E-state index contributed by atoms with van der Waals surface area (Å²) in [5.41, 5.74) is 2.65. The molecule has 0 spiro atoms. The largest absolute Gasteiger partial charge is 0.469 e. The van der Waals surface area contributed by atoms with Gasteiger partial charge in [-0.1, -0.05) is 48.5 Å². The predicted octanol–water partition coefficient (Wildman–Crippen LogP) is 4.54. The van der Waals surface area contributed by atoms with Crippen molar-refractivity contribution in [1.82, 2.24) is 4.90 Å². The van der Waals surface area contributed by atoms with Crippen LogP contribution in [0.25, 0.3) is 0 Å². The summed E-state index contributed by atoms with van der Waals surface area (Å²) >= 11 is 0. The number of nitrogens with one attached hydrogen (secondary N) is 2. The second kappa shape index (κ2) is 11.3. The lowest BCUT2D eigenvalue weighted by atomic mass is 10.1. The lowest BCUT2D eigenvalue weighted by molar-refractivity contribution is -0.140. The second-order valence-corrected chi connectivity index (χ2v) is 7.06. The molecule has 0 saturated heterocycles. The minimum Gasteiger partial charge on any atom is -0.469 e. The zero-order chi connectivity index (χ0) is 22.8. The predicted molar refractivity (Wildman–Crippen MR) is 123 cm³/mol. The van der Waals surface area contributed by atoms with Gasteiger partial charge in [-0.2, -0.15) is 0 Å². The van der Waals surface area contributed by atoms with Crippen LogP contribution in [0.1, 0.15) is 22.3 Å². The van der Waals surface area contributed by atoms with E-state index < -0.39 is 0 Å². The standard InChI is InChI=1S/C25H25N3O4/c1-32-23(29)16-17-28(18-19-8-4-2-5-9-19)24(30)20-12-14-22(15-13-20)27-25(31)26-21-10-6-3-7-11-21/h2-15H,16-18H2,1H3,(H2,26,27,31). The van der Waals surface area contributed by atoms with Crippen LogP contribution >= 0.6 is 0 Å². The van der Waals surface area contributed by atoms with E-state index in [1.54, 1.807) is 41.3 Å². The number of carbonyl (C=O) groups is 3. The summed E-state index contributed by atoms with van der Waals surface area (Å²) in [7, 11) is 1.32. The molecule has 0 fully saturated rings. The summed E-state index contributed by atoms with van der Waals surface area (Å²) in [5, 5.41) is 5.47. The lowest BCUT2D eigenvalue weighted by Crippen LogP contribution is -2.32. The number of urea groups is 1. The maximum atomic E-state index is 13.1. The van der Waals surface area contributed by atoms with Gasteiger partial charge >= 0.3 is 12.0 Å². The van der Waals surface area contributed by atoms with E-state index in [0.29, 0.717) is 23.5 Å². The minimum absolute atomic E-state index is 0.106. The first kappa shape index (κ1) is 22.6. The number of amides is 3. The molecule has 0 aromatic heterocycles. The van der Waals surface area contributed by atoms with E-state index in [-0.39, 0.29) is 30.9 Å². The van der Waals surface area contributed by atoms with Gasteiger partial charge in [0.25, 0.3) is 5.91 Å². The van der Waals surface area contributed by atoms with E-state index >= 15 is 0 Å². The highest BCUT2D eigenvalue weighted by Crippen LogP contribution is 2.15. The smallest absolute Gasteiger partial charge is 0.323 e. The molecule has 0 atom stereocenters. The summed E-state index contributed by atoms with van der Waals surface area (Å²) in [6.45, 7) is 0.607. The third kappa shape index (κ3) is 6.70. The Morgan fingerprint density at radius 3 is 1.94 bits per heavy atom. The number of anilines is 2. The Morgan fingerprint density at radius 1 is 0.781 bits per heavy atom. The molecule has 3 amide bonds. The molecule has 0 unspecified atom stereocenters. The molecule has 0 aliphatic heterocycles. The number of nitrogens with zero attached hydrogens (tertiary/aromatic N) is 1. The van der Waals surface area contributed by atoms with E-state index in [1.807, 2.05) is 48.5 Å². The first-order chi connectivity index (χ1) is 15.5. The van der Waals surface area contributed by atoms with Crippen LogP contribution in [0.5, 0.6) is 0 Å². The topological polar surface area (TPSA) is 87.7 Å². The molecule has 7 nitrogen and oxygen atoms in total. The average molecular weight is 431 g/mol. The molecule has 0 heterocycles. The number of hydrogen-bond acceptors (Lipinski definition) is 4. The minimum atomic E-state index is -0.376. The van der Waals surface area contributed by atoms with Crippen LogP contribution in [0.4, 0.5) is 16.2 Å². The third-order valence-corrected chi connectivity index (χ3v) is 4.74. The van der Waals surface area contributed by atoms with Crippen LogP contribution in [0, 0.1) is 0 Å². The van der Waals surface area contributed by atoms with Gasteiger partial charge in [0, 0.05) is 30.0 Å². The monoisotopic (exact) mass is 431 g/mol. The fourth-order valence-corrected chi connectivity index (χ4v) is 3.08. The highest BCUT2D eigenvalue weighted by Gasteiger charge is 2.18. The van der Waals surface area contributed by atoms with Crippen LogP contribution in [-0.2, 0) is 16.1 Å². The molecule has 0 aliphatic carbocycles. The zero-order valence-corrected chi connectivity index (χ0v) is 17.8. The first-order valence-electron chi connectivity index (χ1n) is 10.2. The Labute approximate surface area is 187 Å². The summed E-state index contributed by atoms with van der Waals surface area (Å²) in [6.07, 6.45) is 0.106. The van der Waals surface area contributed by atoms with Crippen molar-refractivity contribution in [2.45, 2.75) is 13.0 Å². The number of hydrogen-bond donors (Lipinski definition) is 2. The Balaban J connectivity index is 1.66. The summed E-state index contributed by atoms with van der Waals surface area (Å²) < 4.78 is 4.71. The molecule has 0 bridgehead atoms. The van der Waals surface area contributed by atoms with Crippen molar-refractivity contribution >= 4 is 29.3 Å². The molecular weight excluding hydrogens is 406 g/mol. The van der Waals surface area contributed by atoms with E-state index in [4.69, 9.17) is 4.74 Å². The number of esters is 1. The van der Waals surface area contributed by atoms with Crippen molar-refractivity contribution in [2.75, 3.05) is 24.3 Å². The molecule has 32 heavy (non-hydrogen) atoms. The van der Waals surface area contributed by atoms with E-state index in [2.05, 4.69) is 10.6 Å². The molecule has 164 valence electrons.